The summed E-state index contributed by atoms with van der Waals surface area (Å²) in [7, 11) is 0. The molecule has 2 aliphatic heterocycles. The van der Waals surface area contributed by atoms with Crippen molar-refractivity contribution in [2.75, 3.05) is 13.2 Å². The van der Waals surface area contributed by atoms with Gasteiger partial charge in [-0.05, 0) is 0 Å². The largest absolute Gasteiger partial charge is 0.394 e. The van der Waals surface area contributed by atoms with Crippen molar-refractivity contribution in [3.63, 3.8) is 0 Å². The van der Waals surface area contributed by atoms with Crippen LogP contribution in [0.4, 0.5) is 0 Å². The summed E-state index contributed by atoms with van der Waals surface area (Å²) in [5.41, 5.74) is 0. The van der Waals surface area contributed by atoms with Gasteiger partial charge in [-0.2, -0.15) is 0 Å². The third kappa shape index (κ3) is 4.31. The standard InChI is InChI=1S/C14H25NO11/c1-4(18)15-7-12(9(20)6(3-17)24-13(7)23)26-14-11(22)10(21)8(19)5(2-16)25-14/h5-14,16-17,19-23H,2-3H2,1H3,(H,15,18)/t5-,6-,7+,8+,9-,10+,11-,12-,13+,14+/m1/s1. The summed E-state index contributed by atoms with van der Waals surface area (Å²) in [5, 5.41) is 70.7. The van der Waals surface area contributed by atoms with E-state index in [4.69, 9.17) is 14.2 Å². The molecule has 0 aromatic heterocycles. The van der Waals surface area contributed by atoms with Crippen LogP contribution in [0.25, 0.3) is 0 Å². The van der Waals surface area contributed by atoms with Gasteiger partial charge < -0.3 is 55.3 Å². The van der Waals surface area contributed by atoms with Gasteiger partial charge in [0.15, 0.2) is 12.6 Å². The molecule has 8 N–H and O–H groups in total. The van der Waals surface area contributed by atoms with E-state index in [1.54, 1.807) is 0 Å². The maximum Gasteiger partial charge on any atom is 0.217 e. The van der Waals surface area contributed by atoms with Crippen molar-refractivity contribution >= 4 is 5.91 Å². The van der Waals surface area contributed by atoms with E-state index < -0.39 is 80.5 Å². The Hall–Kier alpha value is -0.930. The smallest absolute Gasteiger partial charge is 0.217 e. The Bertz CT molecular complexity index is 478. The number of nitrogens with one attached hydrogen (secondary N) is 1. The Morgan fingerprint density at radius 1 is 0.923 bits per heavy atom. The van der Waals surface area contributed by atoms with Gasteiger partial charge in [-0.15, -0.1) is 0 Å². The molecule has 26 heavy (non-hydrogen) atoms. The number of ether oxygens (including phenoxy) is 3. The molecule has 2 rings (SSSR count). The highest BCUT2D eigenvalue weighted by Gasteiger charge is 2.50. The molecule has 0 spiro atoms. The average molecular weight is 383 g/mol. The lowest BCUT2D eigenvalue weighted by Gasteiger charge is -2.46. The zero-order chi connectivity index (χ0) is 19.6. The van der Waals surface area contributed by atoms with Crippen LogP contribution in [0.5, 0.6) is 0 Å². The molecule has 0 aromatic rings. The van der Waals surface area contributed by atoms with Gasteiger partial charge in [-0.3, -0.25) is 4.79 Å². The number of aliphatic hydroxyl groups is 7. The monoisotopic (exact) mass is 383 g/mol. The van der Waals surface area contributed by atoms with Gasteiger partial charge in [0.1, 0.15) is 48.8 Å². The fourth-order valence-electron chi connectivity index (χ4n) is 2.97. The predicted molar refractivity (Wildman–Crippen MR) is 80.2 cm³/mol. The first kappa shape index (κ1) is 21.4. The lowest BCUT2D eigenvalue weighted by atomic mass is 9.95. The van der Waals surface area contributed by atoms with Crippen molar-refractivity contribution in [2.24, 2.45) is 0 Å². The number of hydrogen-bond donors (Lipinski definition) is 8. The van der Waals surface area contributed by atoms with Gasteiger partial charge >= 0.3 is 0 Å². The molecule has 12 nitrogen and oxygen atoms in total. The number of aliphatic hydroxyl groups excluding tert-OH is 7. The van der Waals surface area contributed by atoms with E-state index in [9.17, 15) is 40.5 Å². The van der Waals surface area contributed by atoms with Crippen molar-refractivity contribution in [1.82, 2.24) is 5.32 Å². The van der Waals surface area contributed by atoms with Crippen LogP contribution in [0.15, 0.2) is 0 Å². The Morgan fingerprint density at radius 2 is 1.50 bits per heavy atom. The zero-order valence-electron chi connectivity index (χ0n) is 14.0. The van der Waals surface area contributed by atoms with Crippen LogP contribution in [0.1, 0.15) is 6.92 Å². The molecular formula is C14H25NO11. The number of carbonyl (C=O) groups is 1. The topological polar surface area (TPSA) is 198 Å². The summed E-state index contributed by atoms with van der Waals surface area (Å²) in [6.07, 6.45) is -13.7. The minimum absolute atomic E-state index is 0.574. The lowest BCUT2D eigenvalue weighted by Crippen LogP contribution is -2.67. The maximum absolute atomic E-state index is 11.4. The molecule has 2 heterocycles. The van der Waals surface area contributed by atoms with Crippen LogP contribution in [0.3, 0.4) is 0 Å². The Morgan fingerprint density at radius 3 is 2.04 bits per heavy atom. The molecule has 0 saturated carbocycles. The van der Waals surface area contributed by atoms with E-state index in [1.165, 1.54) is 0 Å². The van der Waals surface area contributed by atoms with Gasteiger partial charge in [0.2, 0.25) is 5.91 Å². The highest BCUT2D eigenvalue weighted by atomic mass is 16.7. The number of rotatable bonds is 5. The molecule has 0 aromatic carbocycles. The molecule has 10 atom stereocenters. The molecule has 2 saturated heterocycles. The van der Waals surface area contributed by atoms with Gasteiger partial charge in [-0.25, -0.2) is 0 Å². The lowest BCUT2D eigenvalue weighted by molar-refractivity contribution is -0.341. The van der Waals surface area contributed by atoms with Crippen LogP contribution >= 0.6 is 0 Å². The second-order valence-electron chi connectivity index (χ2n) is 6.26. The first-order valence-electron chi connectivity index (χ1n) is 8.06. The van der Waals surface area contributed by atoms with E-state index in [1.807, 2.05) is 0 Å². The van der Waals surface area contributed by atoms with E-state index >= 15 is 0 Å². The van der Waals surface area contributed by atoms with Crippen molar-refractivity contribution < 1.29 is 54.8 Å². The highest BCUT2D eigenvalue weighted by molar-refractivity contribution is 5.73. The quantitative estimate of drug-likeness (QED) is 0.226. The number of carbonyl (C=O) groups excluding carboxylic acids is 1. The SMILES string of the molecule is CC(=O)N[C@H]1[C@@H](O[C@@H]2O[C@H](CO)[C@H](O)[C@H](O)[C@H]2O)[C@H](O)[C@@H](CO)O[C@@H]1O. The summed E-state index contributed by atoms with van der Waals surface area (Å²) >= 11 is 0. The first-order valence-corrected chi connectivity index (χ1v) is 8.06. The van der Waals surface area contributed by atoms with Crippen LogP contribution in [-0.2, 0) is 19.0 Å². The summed E-state index contributed by atoms with van der Waals surface area (Å²) in [6, 6.07) is -1.28. The fraction of sp³-hybridized carbons (Fsp3) is 0.929. The molecule has 2 fully saturated rings. The highest BCUT2D eigenvalue weighted by Crippen LogP contribution is 2.28. The summed E-state index contributed by atoms with van der Waals surface area (Å²) in [4.78, 5) is 11.4. The molecule has 0 bridgehead atoms. The van der Waals surface area contributed by atoms with Crippen LogP contribution in [0.2, 0.25) is 0 Å². The van der Waals surface area contributed by atoms with E-state index in [-0.39, 0.29) is 0 Å². The van der Waals surface area contributed by atoms with Crippen molar-refractivity contribution in [1.29, 1.82) is 0 Å². The third-order valence-electron chi connectivity index (χ3n) is 4.38. The second kappa shape index (κ2) is 8.84. The third-order valence-corrected chi connectivity index (χ3v) is 4.38. The van der Waals surface area contributed by atoms with Gasteiger partial charge in [0.25, 0.3) is 0 Å². The molecule has 0 unspecified atom stereocenters. The maximum atomic E-state index is 11.4. The number of hydrogen-bond acceptors (Lipinski definition) is 11. The van der Waals surface area contributed by atoms with Crippen molar-refractivity contribution in [2.45, 2.75) is 68.3 Å². The Balaban J connectivity index is 2.21. The van der Waals surface area contributed by atoms with Gasteiger partial charge in [0, 0.05) is 6.92 Å². The zero-order valence-corrected chi connectivity index (χ0v) is 14.0. The molecule has 0 radical (unpaired) electrons. The molecule has 152 valence electrons. The molecule has 2 aliphatic rings. The van der Waals surface area contributed by atoms with Gasteiger partial charge in [-0.1, -0.05) is 0 Å². The molecule has 12 heteroatoms. The summed E-state index contributed by atoms with van der Waals surface area (Å²) < 4.78 is 15.7. The van der Waals surface area contributed by atoms with Crippen molar-refractivity contribution in [3.05, 3.63) is 0 Å². The minimum Gasteiger partial charge on any atom is -0.394 e. The Labute approximate surface area is 148 Å². The van der Waals surface area contributed by atoms with Crippen LogP contribution in [-0.4, -0.2) is 116 Å². The Kier molecular flexibility index (Phi) is 7.27. The van der Waals surface area contributed by atoms with Crippen LogP contribution < -0.4 is 5.32 Å². The minimum atomic E-state index is -1.74. The second-order valence-corrected chi connectivity index (χ2v) is 6.26. The summed E-state index contributed by atoms with van der Waals surface area (Å²) in [5.74, 6) is -0.574. The fourth-order valence-corrected chi connectivity index (χ4v) is 2.97. The van der Waals surface area contributed by atoms with Gasteiger partial charge in [0.05, 0.1) is 13.2 Å². The predicted octanol–water partition coefficient (Wildman–Crippen LogP) is -5.25. The summed E-state index contributed by atoms with van der Waals surface area (Å²) in [6.45, 7) is -0.195. The normalized spacial score (nSPS) is 46.8. The van der Waals surface area contributed by atoms with E-state index in [0.29, 0.717) is 0 Å². The molecular weight excluding hydrogens is 358 g/mol. The average Bonchev–Trinajstić information content (AvgIpc) is 2.60. The van der Waals surface area contributed by atoms with Crippen LogP contribution in [0, 0.1) is 0 Å². The molecule has 0 aliphatic carbocycles. The number of amides is 1. The first-order chi connectivity index (χ1) is 12.2. The van der Waals surface area contributed by atoms with Crippen molar-refractivity contribution in [3.8, 4) is 0 Å². The van der Waals surface area contributed by atoms with E-state index in [2.05, 4.69) is 5.32 Å². The molecule has 1 amide bonds. The van der Waals surface area contributed by atoms with E-state index in [0.717, 1.165) is 6.92 Å².